The molecule has 0 saturated heterocycles. The molecule has 0 saturated carbocycles. The molecule has 0 radical (unpaired) electrons. The van der Waals surface area contributed by atoms with E-state index in [4.69, 9.17) is 0 Å². The van der Waals surface area contributed by atoms with Gasteiger partial charge in [-0.15, -0.1) is 0 Å². The third kappa shape index (κ3) is 3.42. The van der Waals surface area contributed by atoms with Crippen molar-refractivity contribution in [1.29, 1.82) is 0 Å². The minimum absolute atomic E-state index is 0.132. The number of rotatable bonds is 4. The first-order valence-corrected chi connectivity index (χ1v) is 9.20. The van der Waals surface area contributed by atoms with Crippen molar-refractivity contribution in [1.82, 2.24) is 14.7 Å². The van der Waals surface area contributed by atoms with Crippen LogP contribution in [0.3, 0.4) is 0 Å². The van der Waals surface area contributed by atoms with Gasteiger partial charge in [0.1, 0.15) is 0 Å². The Bertz CT molecular complexity index is 1030. The fourth-order valence-corrected chi connectivity index (χ4v) is 3.26. The molecule has 6 heteroatoms. The Balaban J connectivity index is 2.06. The molecule has 0 spiro atoms. The number of amides is 1. The van der Waals surface area contributed by atoms with Crippen molar-refractivity contribution < 1.29 is 4.79 Å². The Morgan fingerprint density at radius 2 is 1.73 bits per heavy atom. The summed E-state index contributed by atoms with van der Waals surface area (Å²) in [5.41, 5.74) is 1.12. The van der Waals surface area contributed by atoms with Gasteiger partial charge in [0.15, 0.2) is 5.69 Å². The van der Waals surface area contributed by atoms with Crippen LogP contribution >= 0.6 is 15.9 Å². The molecule has 2 aromatic carbocycles. The summed E-state index contributed by atoms with van der Waals surface area (Å²) in [6.07, 6.45) is 0. The van der Waals surface area contributed by atoms with Crippen molar-refractivity contribution >= 4 is 32.6 Å². The summed E-state index contributed by atoms with van der Waals surface area (Å²) in [6, 6.07) is 14.8. The molecule has 3 aromatic rings. The average Bonchev–Trinajstić information content (AvgIpc) is 2.63. The smallest absolute Gasteiger partial charge is 0.274 e. The standard InChI is InChI=1S/C20H20BrN3O2/c1-13(2)24-19(25)16-10-6-5-9-15(16)18(22-24)20(26)23(3)12-14-8-4-7-11-17(14)21/h4-11,13H,12H2,1-3H3. The molecule has 0 aliphatic heterocycles. The number of carbonyl (C=O) groups excluding carboxylic acids is 1. The van der Waals surface area contributed by atoms with Crippen molar-refractivity contribution in [3.8, 4) is 0 Å². The molecule has 0 unspecified atom stereocenters. The monoisotopic (exact) mass is 413 g/mol. The van der Waals surface area contributed by atoms with Crippen molar-refractivity contribution in [2.75, 3.05) is 7.05 Å². The summed E-state index contributed by atoms with van der Waals surface area (Å²) in [5.74, 6) is -0.216. The number of fused-ring (bicyclic) bond motifs is 1. The lowest BCUT2D eigenvalue weighted by molar-refractivity contribution is 0.0778. The van der Waals surface area contributed by atoms with Crippen LogP contribution in [0.25, 0.3) is 10.8 Å². The minimum atomic E-state index is -0.216. The van der Waals surface area contributed by atoms with Crippen LogP contribution in [0.4, 0.5) is 0 Å². The Morgan fingerprint density at radius 1 is 1.12 bits per heavy atom. The van der Waals surface area contributed by atoms with Crippen molar-refractivity contribution in [3.63, 3.8) is 0 Å². The van der Waals surface area contributed by atoms with Gasteiger partial charge in [0.25, 0.3) is 11.5 Å². The number of hydrogen-bond acceptors (Lipinski definition) is 3. The first-order chi connectivity index (χ1) is 12.4. The molecular weight excluding hydrogens is 394 g/mol. The third-order valence-electron chi connectivity index (χ3n) is 4.23. The molecule has 0 fully saturated rings. The van der Waals surface area contributed by atoms with Gasteiger partial charge in [-0.05, 0) is 31.5 Å². The topological polar surface area (TPSA) is 55.2 Å². The van der Waals surface area contributed by atoms with E-state index in [0.717, 1.165) is 10.0 Å². The largest absolute Gasteiger partial charge is 0.336 e. The van der Waals surface area contributed by atoms with Gasteiger partial charge < -0.3 is 4.90 Å². The van der Waals surface area contributed by atoms with E-state index in [9.17, 15) is 9.59 Å². The molecule has 0 aliphatic rings. The second kappa shape index (κ2) is 7.41. The van der Waals surface area contributed by atoms with Gasteiger partial charge in [-0.1, -0.05) is 52.3 Å². The molecule has 1 aromatic heterocycles. The Hall–Kier alpha value is -2.47. The fraction of sp³-hybridized carbons (Fsp3) is 0.250. The average molecular weight is 414 g/mol. The molecule has 0 atom stereocenters. The fourth-order valence-electron chi connectivity index (χ4n) is 2.85. The van der Waals surface area contributed by atoms with Crippen LogP contribution in [0, 0.1) is 0 Å². The first-order valence-electron chi connectivity index (χ1n) is 8.40. The van der Waals surface area contributed by atoms with Crippen LogP contribution in [0.2, 0.25) is 0 Å². The second-order valence-corrected chi connectivity index (χ2v) is 7.34. The maximum absolute atomic E-state index is 13.1. The SMILES string of the molecule is CC(C)n1nc(C(=O)N(C)Cc2ccccc2Br)c2ccccc2c1=O. The maximum Gasteiger partial charge on any atom is 0.274 e. The number of carbonyl (C=O) groups is 1. The normalized spacial score (nSPS) is 11.1. The molecule has 5 nitrogen and oxygen atoms in total. The Morgan fingerprint density at radius 3 is 2.38 bits per heavy atom. The molecule has 1 heterocycles. The van der Waals surface area contributed by atoms with E-state index in [1.165, 1.54) is 4.68 Å². The summed E-state index contributed by atoms with van der Waals surface area (Å²) in [6.45, 7) is 4.20. The summed E-state index contributed by atoms with van der Waals surface area (Å²) in [7, 11) is 1.74. The summed E-state index contributed by atoms with van der Waals surface area (Å²) in [4.78, 5) is 27.3. The minimum Gasteiger partial charge on any atom is -0.336 e. The highest BCUT2D eigenvalue weighted by molar-refractivity contribution is 9.10. The van der Waals surface area contributed by atoms with E-state index in [2.05, 4.69) is 21.0 Å². The zero-order valence-electron chi connectivity index (χ0n) is 14.9. The van der Waals surface area contributed by atoms with Gasteiger partial charge in [0.05, 0.1) is 11.4 Å². The highest BCUT2D eigenvalue weighted by Gasteiger charge is 2.21. The van der Waals surface area contributed by atoms with Gasteiger partial charge in [-0.25, -0.2) is 4.68 Å². The molecule has 3 rings (SSSR count). The summed E-state index contributed by atoms with van der Waals surface area (Å²) in [5, 5.41) is 5.48. The number of hydrogen-bond donors (Lipinski definition) is 0. The van der Waals surface area contributed by atoms with Crippen LogP contribution in [-0.4, -0.2) is 27.6 Å². The van der Waals surface area contributed by atoms with E-state index >= 15 is 0 Å². The predicted octanol–water partition coefficient (Wildman–Crippen LogP) is 4.01. The van der Waals surface area contributed by atoms with Crippen molar-refractivity contribution in [2.24, 2.45) is 0 Å². The number of aromatic nitrogens is 2. The zero-order valence-corrected chi connectivity index (χ0v) is 16.5. The van der Waals surface area contributed by atoms with E-state index in [1.54, 1.807) is 30.1 Å². The quantitative estimate of drug-likeness (QED) is 0.648. The lowest BCUT2D eigenvalue weighted by atomic mass is 10.1. The second-order valence-electron chi connectivity index (χ2n) is 6.49. The van der Waals surface area contributed by atoms with Crippen molar-refractivity contribution in [2.45, 2.75) is 26.4 Å². The molecule has 0 N–H and O–H groups in total. The van der Waals surface area contributed by atoms with Crippen LogP contribution in [0.1, 0.15) is 35.9 Å². The molecular formula is C20H20BrN3O2. The zero-order chi connectivity index (χ0) is 18.8. The van der Waals surface area contributed by atoms with Crippen LogP contribution < -0.4 is 5.56 Å². The number of halogens is 1. The van der Waals surface area contributed by atoms with Gasteiger partial charge in [0, 0.05) is 23.5 Å². The van der Waals surface area contributed by atoms with E-state index < -0.39 is 0 Å². The molecule has 0 aliphatic carbocycles. The molecule has 0 bridgehead atoms. The number of benzene rings is 2. The highest BCUT2D eigenvalue weighted by Crippen LogP contribution is 2.20. The first kappa shape index (κ1) is 18.3. The third-order valence-corrected chi connectivity index (χ3v) is 5.01. The molecule has 1 amide bonds. The lowest BCUT2D eigenvalue weighted by Crippen LogP contribution is -2.32. The van der Waals surface area contributed by atoms with Crippen LogP contribution in [-0.2, 0) is 6.54 Å². The van der Waals surface area contributed by atoms with Gasteiger partial charge in [0.2, 0.25) is 0 Å². The maximum atomic E-state index is 13.1. The van der Waals surface area contributed by atoms with Crippen LogP contribution in [0.5, 0.6) is 0 Å². The lowest BCUT2D eigenvalue weighted by Gasteiger charge is -2.20. The highest BCUT2D eigenvalue weighted by atomic mass is 79.9. The van der Waals surface area contributed by atoms with Crippen LogP contribution in [0.15, 0.2) is 57.8 Å². The van der Waals surface area contributed by atoms with Gasteiger partial charge in [-0.3, -0.25) is 9.59 Å². The summed E-state index contributed by atoms with van der Waals surface area (Å²) >= 11 is 3.51. The predicted molar refractivity (Wildman–Crippen MR) is 106 cm³/mol. The van der Waals surface area contributed by atoms with Crippen molar-refractivity contribution in [3.05, 3.63) is 74.6 Å². The van der Waals surface area contributed by atoms with Gasteiger partial charge >= 0.3 is 0 Å². The Labute approximate surface area is 160 Å². The Kier molecular flexibility index (Phi) is 5.23. The van der Waals surface area contributed by atoms with E-state index in [1.807, 2.05) is 44.2 Å². The van der Waals surface area contributed by atoms with Gasteiger partial charge in [-0.2, -0.15) is 5.10 Å². The van der Waals surface area contributed by atoms with E-state index in [0.29, 0.717) is 23.0 Å². The molecule has 26 heavy (non-hydrogen) atoms. The van der Waals surface area contributed by atoms with E-state index in [-0.39, 0.29) is 17.5 Å². The summed E-state index contributed by atoms with van der Waals surface area (Å²) < 4.78 is 2.33. The number of nitrogens with zero attached hydrogens (tertiary/aromatic N) is 3. The molecule has 134 valence electrons.